The van der Waals surface area contributed by atoms with Gasteiger partial charge in [-0.2, -0.15) is 0 Å². The van der Waals surface area contributed by atoms with Crippen LogP contribution in [0.15, 0.2) is 91.0 Å². The fraction of sp³-hybridized carbons (Fsp3) is 0.176. The number of rotatable bonds is 9. The zero-order chi connectivity index (χ0) is 31.7. The molecule has 4 aromatic rings. The first-order chi connectivity index (χ1) is 21.7. The zero-order valence-electron chi connectivity index (χ0n) is 24.5. The van der Waals surface area contributed by atoms with E-state index in [2.05, 4.69) is 5.32 Å². The van der Waals surface area contributed by atoms with Gasteiger partial charge in [0.2, 0.25) is 12.7 Å². The topological polar surface area (TPSA) is 108 Å². The van der Waals surface area contributed by atoms with Crippen LogP contribution in [0.25, 0.3) is 0 Å². The van der Waals surface area contributed by atoms with Crippen molar-refractivity contribution in [3.05, 3.63) is 114 Å². The molecule has 0 fully saturated rings. The van der Waals surface area contributed by atoms with Crippen molar-refractivity contribution in [1.29, 1.82) is 0 Å². The summed E-state index contributed by atoms with van der Waals surface area (Å²) in [6.45, 7) is -0.868. The number of carbonyl (C=O) groups excluding carboxylic acids is 4. The minimum absolute atomic E-state index is 0.00372. The van der Waals surface area contributed by atoms with Crippen LogP contribution in [0.5, 0.6) is 11.5 Å². The van der Waals surface area contributed by atoms with Gasteiger partial charge in [-0.05, 0) is 60.2 Å². The Bertz CT molecular complexity index is 1810. The Hall–Kier alpha value is -5.71. The molecule has 10 nitrogen and oxygen atoms in total. The summed E-state index contributed by atoms with van der Waals surface area (Å²) in [5.41, 5.74) is 2.39. The number of hydrogen-bond donors (Lipinski definition) is 1. The van der Waals surface area contributed by atoms with Gasteiger partial charge in [-0.25, -0.2) is 4.39 Å². The molecule has 0 spiro atoms. The molecule has 4 aromatic carbocycles. The normalized spacial score (nSPS) is 13.8. The lowest BCUT2D eigenvalue weighted by molar-refractivity contribution is -0.139. The van der Waals surface area contributed by atoms with Crippen LogP contribution in [0, 0.1) is 5.82 Å². The number of Topliss-reactive ketones (excluding diaryl/α,β-unsaturated/α-hetero) is 1. The largest absolute Gasteiger partial charge is 0.454 e. The van der Waals surface area contributed by atoms with Gasteiger partial charge in [-0.15, -0.1) is 0 Å². The summed E-state index contributed by atoms with van der Waals surface area (Å²) in [6, 6.07) is 23.0. The van der Waals surface area contributed by atoms with Crippen LogP contribution in [0.4, 0.5) is 21.5 Å². The van der Waals surface area contributed by atoms with E-state index in [4.69, 9.17) is 9.47 Å². The molecule has 1 N–H and O–H groups in total. The molecule has 11 heteroatoms. The molecule has 3 amide bonds. The minimum Gasteiger partial charge on any atom is -0.454 e. The lowest BCUT2D eigenvalue weighted by Gasteiger charge is -2.33. The molecule has 1 unspecified atom stereocenters. The number of nitrogens with zero attached hydrogens (tertiary/aromatic N) is 3. The Balaban J connectivity index is 1.41. The lowest BCUT2D eigenvalue weighted by atomic mass is 10.0. The Morgan fingerprint density at radius 1 is 0.911 bits per heavy atom. The average Bonchev–Trinajstić information content (AvgIpc) is 3.60. The number of fused-ring (bicyclic) bond motifs is 2. The number of halogens is 1. The molecule has 0 saturated heterocycles. The van der Waals surface area contributed by atoms with Crippen molar-refractivity contribution in [2.75, 3.05) is 42.5 Å². The van der Waals surface area contributed by atoms with Gasteiger partial charge in [0.25, 0.3) is 17.6 Å². The molecular weight excluding hydrogens is 579 g/mol. The minimum atomic E-state index is -1.30. The molecule has 45 heavy (non-hydrogen) atoms. The summed E-state index contributed by atoms with van der Waals surface area (Å²) in [5, 5.41) is 2.88. The molecule has 0 aromatic heterocycles. The predicted octanol–water partition coefficient (Wildman–Crippen LogP) is 4.56. The fourth-order valence-electron chi connectivity index (χ4n) is 5.37. The number of ether oxygens (including phenoxy) is 2. The van der Waals surface area contributed by atoms with Crippen molar-refractivity contribution in [2.45, 2.75) is 12.6 Å². The molecule has 6 rings (SSSR count). The van der Waals surface area contributed by atoms with E-state index >= 15 is 4.39 Å². The Morgan fingerprint density at radius 3 is 2.38 bits per heavy atom. The molecule has 0 bridgehead atoms. The number of hydrogen-bond acceptors (Lipinski definition) is 7. The molecule has 1 atom stereocenters. The molecule has 0 saturated carbocycles. The first-order valence-corrected chi connectivity index (χ1v) is 14.2. The van der Waals surface area contributed by atoms with Crippen molar-refractivity contribution in [3.63, 3.8) is 0 Å². The molecule has 0 radical (unpaired) electrons. The summed E-state index contributed by atoms with van der Waals surface area (Å²) in [4.78, 5) is 58.3. The van der Waals surface area contributed by atoms with Crippen LogP contribution in [-0.2, 0) is 20.9 Å². The van der Waals surface area contributed by atoms with Gasteiger partial charge in [0.1, 0.15) is 18.4 Å². The second kappa shape index (κ2) is 12.1. The summed E-state index contributed by atoms with van der Waals surface area (Å²) in [6.07, 6.45) is 0. The maximum Gasteiger partial charge on any atom is 0.299 e. The van der Waals surface area contributed by atoms with Gasteiger partial charge in [-0.3, -0.25) is 24.1 Å². The molecule has 0 aliphatic carbocycles. The Labute approximate surface area is 258 Å². The van der Waals surface area contributed by atoms with E-state index in [0.717, 1.165) is 10.6 Å². The Morgan fingerprint density at radius 2 is 1.62 bits per heavy atom. The van der Waals surface area contributed by atoms with E-state index in [1.165, 1.54) is 29.2 Å². The maximum atomic E-state index is 15.0. The highest BCUT2D eigenvalue weighted by Crippen LogP contribution is 2.37. The third kappa shape index (κ3) is 5.79. The van der Waals surface area contributed by atoms with E-state index in [0.29, 0.717) is 22.7 Å². The average molecular weight is 609 g/mol. The second-order valence-corrected chi connectivity index (χ2v) is 10.8. The first-order valence-electron chi connectivity index (χ1n) is 14.2. The van der Waals surface area contributed by atoms with Gasteiger partial charge in [-0.1, -0.05) is 36.4 Å². The quantitative estimate of drug-likeness (QED) is 0.278. The third-order valence-corrected chi connectivity index (χ3v) is 7.71. The molecular formula is C34H29FN4O6. The number of ketones is 1. The van der Waals surface area contributed by atoms with E-state index in [1.807, 2.05) is 31.1 Å². The zero-order valence-corrected chi connectivity index (χ0v) is 24.5. The molecule has 2 aliphatic rings. The monoisotopic (exact) mass is 608 g/mol. The van der Waals surface area contributed by atoms with Crippen molar-refractivity contribution in [2.24, 2.45) is 0 Å². The molecule has 2 aliphatic heterocycles. The van der Waals surface area contributed by atoms with E-state index in [-0.39, 0.29) is 30.2 Å². The maximum absolute atomic E-state index is 15.0. The van der Waals surface area contributed by atoms with Crippen molar-refractivity contribution in [3.8, 4) is 11.5 Å². The fourth-order valence-corrected chi connectivity index (χ4v) is 5.37. The SMILES string of the molecule is CN(C)c1ccc(NC(=O)C(c2ccc3c(c2)OCO3)N(Cc2ccccc2F)C(=O)CN2C(=O)C(=O)c3ccccc32)cc1. The molecule has 2 heterocycles. The van der Waals surface area contributed by atoms with Gasteiger partial charge in [0.15, 0.2) is 11.5 Å². The first kappa shape index (κ1) is 29.4. The number of carbonyl (C=O) groups is 4. The number of benzene rings is 4. The number of nitrogens with one attached hydrogen (secondary N) is 1. The highest BCUT2D eigenvalue weighted by atomic mass is 19.1. The van der Waals surface area contributed by atoms with E-state index < -0.39 is 41.9 Å². The summed E-state index contributed by atoms with van der Waals surface area (Å²) < 4.78 is 26.0. The highest BCUT2D eigenvalue weighted by Gasteiger charge is 2.40. The van der Waals surface area contributed by atoms with Crippen molar-refractivity contribution < 1.29 is 33.0 Å². The van der Waals surface area contributed by atoms with Gasteiger partial charge in [0, 0.05) is 37.6 Å². The van der Waals surface area contributed by atoms with Crippen LogP contribution in [-0.4, -0.2) is 55.8 Å². The Kier molecular flexibility index (Phi) is 7.91. The number of para-hydroxylation sites is 1. The third-order valence-electron chi connectivity index (χ3n) is 7.71. The number of amides is 3. The predicted molar refractivity (Wildman–Crippen MR) is 165 cm³/mol. The van der Waals surface area contributed by atoms with Gasteiger partial charge < -0.3 is 24.6 Å². The molecule has 228 valence electrons. The van der Waals surface area contributed by atoms with Crippen LogP contribution < -0.4 is 24.6 Å². The van der Waals surface area contributed by atoms with Crippen LogP contribution in [0.2, 0.25) is 0 Å². The highest BCUT2D eigenvalue weighted by molar-refractivity contribution is 6.52. The van der Waals surface area contributed by atoms with Crippen LogP contribution in [0.3, 0.4) is 0 Å². The van der Waals surface area contributed by atoms with Crippen molar-refractivity contribution in [1.82, 2.24) is 4.90 Å². The summed E-state index contributed by atoms with van der Waals surface area (Å²) >= 11 is 0. The standard InChI is InChI=1S/C34H29FN4O6/c1-37(2)24-14-12-23(13-15-24)36-33(42)31(21-11-16-28-29(17-21)45-20-44-28)39(18-22-7-3-5-9-26(22)35)30(40)19-38-27-10-6-4-8-25(27)32(41)34(38)43/h3-17,31H,18-20H2,1-2H3,(H,36,42). The van der Waals surface area contributed by atoms with E-state index in [1.54, 1.807) is 54.6 Å². The lowest BCUT2D eigenvalue weighted by Crippen LogP contribution is -2.46. The second-order valence-electron chi connectivity index (χ2n) is 10.8. The van der Waals surface area contributed by atoms with Gasteiger partial charge in [0.05, 0.1) is 11.3 Å². The summed E-state index contributed by atoms with van der Waals surface area (Å²) in [5.74, 6) is -2.57. The van der Waals surface area contributed by atoms with Crippen molar-refractivity contribution >= 4 is 40.6 Å². The van der Waals surface area contributed by atoms with E-state index in [9.17, 15) is 19.2 Å². The number of anilines is 3. The van der Waals surface area contributed by atoms with Crippen LogP contribution >= 0.6 is 0 Å². The van der Waals surface area contributed by atoms with Gasteiger partial charge >= 0.3 is 0 Å². The smallest absolute Gasteiger partial charge is 0.299 e. The van der Waals surface area contributed by atoms with Crippen LogP contribution in [0.1, 0.15) is 27.5 Å². The summed E-state index contributed by atoms with van der Waals surface area (Å²) in [7, 11) is 3.79.